The number of amides is 1. The number of carbonyl (C=O) groups excluding carboxylic acids is 2. The number of nitrogen functional groups attached to an aromatic ring is 1. The van der Waals surface area contributed by atoms with Gasteiger partial charge in [0.1, 0.15) is 11.4 Å². The van der Waals surface area contributed by atoms with Gasteiger partial charge in [0.25, 0.3) is 11.6 Å². The Morgan fingerprint density at radius 1 is 1.19 bits per heavy atom. The molecule has 9 heteroatoms. The molecule has 0 saturated heterocycles. The van der Waals surface area contributed by atoms with Crippen LogP contribution < -0.4 is 15.8 Å². The van der Waals surface area contributed by atoms with E-state index in [1.165, 1.54) is 12.1 Å². The third-order valence-corrected chi connectivity index (χ3v) is 3.25. The molecule has 0 saturated carbocycles. The zero-order valence-corrected chi connectivity index (χ0v) is 13.9. The second-order valence-corrected chi connectivity index (χ2v) is 5.11. The third-order valence-electron chi connectivity index (χ3n) is 3.25. The van der Waals surface area contributed by atoms with Gasteiger partial charge in [-0.25, -0.2) is 4.79 Å². The number of hydrogen-bond acceptors (Lipinski definition) is 7. The van der Waals surface area contributed by atoms with Gasteiger partial charge in [0.15, 0.2) is 6.61 Å². The molecule has 1 amide bonds. The lowest BCUT2D eigenvalue weighted by Crippen LogP contribution is -2.21. The SMILES string of the molecule is CCOc1ccc(NC(=O)COC(=O)c2ccc(N)c([N+](=O)[O-])c2)cc1. The minimum Gasteiger partial charge on any atom is -0.494 e. The van der Waals surface area contributed by atoms with Crippen molar-refractivity contribution in [3.8, 4) is 5.75 Å². The Balaban J connectivity index is 1.91. The Kier molecular flexibility index (Phi) is 6.10. The van der Waals surface area contributed by atoms with Crippen LogP contribution in [0.2, 0.25) is 0 Å². The Bertz CT molecular complexity index is 820. The van der Waals surface area contributed by atoms with Gasteiger partial charge in [0.2, 0.25) is 0 Å². The van der Waals surface area contributed by atoms with E-state index in [1.54, 1.807) is 24.3 Å². The van der Waals surface area contributed by atoms with Crippen molar-refractivity contribution < 1.29 is 24.0 Å². The van der Waals surface area contributed by atoms with Crippen LogP contribution in [0, 0.1) is 10.1 Å². The summed E-state index contributed by atoms with van der Waals surface area (Å²) in [5.74, 6) is -0.746. The van der Waals surface area contributed by atoms with Crippen LogP contribution in [0.1, 0.15) is 17.3 Å². The van der Waals surface area contributed by atoms with Crippen molar-refractivity contribution in [3.05, 3.63) is 58.1 Å². The number of hydrogen-bond donors (Lipinski definition) is 2. The van der Waals surface area contributed by atoms with Crippen LogP contribution in [0.4, 0.5) is 17.1 Å². The number of nitrogens with two attached hydrogens (primary N) is 1. The summed E-state index contributed by atoms with van der Waals surface area (Å²) in [5, 5.41) is 13.4. The molecule has 0 aliphatic heterocycles. The fraction of sp³-hybridized carbons (Fsp3) is 0.176. The van der Waals surface area contributed by atoms with Crippen molar-refractivity contribution >= 4 is 28.9 Å². The predicted octanol–water partition coefficient (Wildman–Crippen LogP) is 2.37. The fourth-order valence-corrected chi connectivity index (χ4v) is 2.04. The lowest BCUT2D eigenvalue weighted by molar-refractivity contribution is -0.383. The summed E-state index contributed by atoms with van der Waals surface area (Å²) in [4.78, 5) is 33.9. The molecule has 2 aromatic carbocycles. The molecule has 2 aromatic rings. The zero-order valence-electron chi connectivity index (χ0n) is 13.9. The molecule has 136 valence electrons. The Morgan fingerprint density at radius 2 is 1.88 bits per heavy atom. The third kappa shape index (κ3) is 4.94. The number of rotatable bonds is 7. The minimum absolute atomic E-state index is 0.0696. The van der Waals surface area contributed by atoms with E-state index < -0.39 is 29.1 Å². The van der Waals surface area contributed by atoms with Crippen LogP contribution in [0.25, 0.3) is 0 Å². The van der Waals surface area contributed by atoms with Crippen molar-refractivity contribution in [1.82, 2.24) is 0 Å². The summed E-state index contributed by atoms with van der Waals surface area (Å²) in [7, 11) is 0. The monoisotopic (exact) mass is 359 g/mol. The molecule has 9 nitrogen and oxygen atoms in total. The van der Waals surface area contributed by atoms with Crippen LogP contribution in [0.15, 0.2) is 42.5 Å². The molecule has 0 spiro atoms. The molecule has 0 aromatic heterocycles. The highest BCUT2D eigenvalue weighted by Crippen LogP contribution is 2.22. The van der Waals surface area contributed by atoms with Crippen molar-refractivity contribution in [2.24, 2.45) is 0 Å². The van der Waals surface area contributed by atoms with E-state index in [2.05, 4.69) is 5.32 Å². The second-order valence-electron chi connectivity index (χ2n) is 5.11. The summed E-state index contributed by atoms with van der Waals surface area (Å²) in [5.41, 5.74) is 5.43. The first-order valence-corrected chi connectivity index (χ1v) is 7.64. The molecule has 2 rings (SSSR count). The lowest BCUT2D eigenvalue weighted by atomic mass is 10.2. The van der Waals surface area contributed by atoms with E-state index in [-0.39, 0.29) is 11.3 Å². The first kappa shape index (κ1) is 18.7. The number of benzene rings is 2. The van der Waals surface area contributed by atoms with Crippen LogP contribution in [0.5, 0.6) is 5.75 Å². The molecule has 0 bridgehead atoms. The fourth-order valence-electron chi connectivity index (χ4n) is 2.04. The van der Waals surface area contributed by atoms with Gasteiger partial charge >= 0.3 is 5.97 Å². The summed E-state index contributed by atoms with van der Waals surface area (Å²) in [6.07, 6.45) is 0. The number of carbonyl (C=O) groups is 2. The van der Waals surface area contributed by atoms with Crippen molar-refractivity contribution in [2.75, 3.05) is 24.3 Å². The molecular weight excluding hydrogens is 342 g/mol. The number of anilines is 2. The molecule has 0 heterocycles. The number of nitrogens with zero attached hydrogens (tertiary/aromatic N) is 1. The van der Waals surface area contributed by atoms with Gasteiger partial charge in [-0.05, 0) is 43.3 Å². The predicted molar refractivity (Wildman–Crippen MR) is 94.0 cm³/mol. The number of esters is 1. The first-order valence-electron chi connectivity index (χ1n) is 7.64. The van der Waals surface area contributed by atoms with Gasteiger partial charge < -0.3 is 20.5 Å². The van der Waals surface area contributed by atoms with Gasteiger partial charge in [-0.2, -0.15) is 0 Å². The first-order chi connectivity index (χ1) is 12.4. The average Bonchev–Trinajstić information content (AvgIpc) is 2.61. The molecule has 0 unspecified atom stereocenters. The molecule has 0 fully saturated rings. The topological polar surface area (TPSA) is 134 Å². The second kappa shape index (κ2) is 8.47. The quantitative estimate of drug-likeness (QED) is 0.335. The number of nitro groups is 1. The molecular formula is C17H17N3O6. The summed E-state index contributed by atoms with van der Waals surface area (Å²) < 4.78 is 10.1. The van der Waals surface area contributed by atoms with Gasteiger partial charge in [-0.3, -0.25) is 14.9 Å². The summed E-state index contributed by atoms with van der Waals surface area (Å²) in [6, 6.07) is 10.2. The minimum atomic E-state index is -0.866. The highest BCUT2D eigenvalue weighted by molar-refractivity contribution is 5.96. The van der Waals surface area contributed by atoms with Crippen LogP contribution in [0.3, 0.4) is 0 Å². The van der Waals surface area contributed by atoms with E-state index in [0.717, 1.165) is 6.07 Å². The summed E-state index contributed by atoms with van der Waals surface area (Å²) >= 11 is 0. The Hall–Kier alpha value is -3.62. The Morgan fingerprint density at radius 3 is 2.50 bits per heavy atom. The number of nitrogens with one attached hydrogen (secondary N) is 1. The van der Waals surface area contributed by atoms with E-state index in [9.17, 15) is 19.7 Å². The average molecular weight is 359 g/mol. The molecule has 0 aliphatic rings. The standard InChI is InChI=1S/C17H17N3O6/c1-2-25-13-6-4-12(5-7-13)19-16(21)10-26-17(22)11-3-8-14(18)15(9-11)20(23)24/h3-9H,2,10,18H2,1H3,(H,19,21). The molecule has 26 heavy (non-hydrogen) atoms. The Labute approximate surface area is 148 Å². The summed E-state index contributed by atoms with van der Waals surface area (Å²) in [6.45, 7) is 1.86. The van der Waals surface area contributed by atoms with Gasteiger partial charge in [-0.15, -0.1) is 0 Å². The molecule has 0 atom stereocenters. The number of ether oxygens (including phenoxy) is 2. The van der Waals surface area contributed by atoms with Crippen molar-refractivity contribution in [3.63, 3.8) is 0 Å². The van der Waals surface area contributed by atoms with Gasteiger partial charge in [0.05, 0.1) is 17.1 Å². The molecule has 0 radical (unpaired) electrons. The van der Waals surface area contributed by atoms with E-state index in [1.807, 2.05) is 6.92 Å². The van der Waals surface area contributed by atoms with Crippen LogP contribution in [-0.4, -0.2) is 30.0 Å². The van der Waals surface area contributed by atoms with Gasteiger partial charge in [-0.1, -0.05) is 0 Å². The van der Waals surface area contributed by atoms with Crippen molar-refractivity contribution in [1.29, 1.82) is 0 Å². The smallest absolute Gasteiger partial charge is 0.338 e. The zero-order chi connectivity index (χ0) is 19.1. The number of nitro benzene ring substituents is 1. The highest BCUT2D eigenvalue weighted by Gasteiger charge is 2.17. The van der Waals surface area contributed by atoms with E-state index in [4.69, 9.17) is 15.2 Å². The lowest BCUT2D eigenvalue weighted by Gasteiger charge is -2.08. The normalized spacial score (nSPS) is 10.0. The van der Waals surface area contributed by atoms with E-state index >= 15 is 0 Å². The largest absolute Gasteiger partial charge is 0.494 e. The maximum absolute atomic E-state index is 11.9. The van der Waals surface area contributed by atoms with E-state index in [0.29, 0.717) is 18.0 Å². The van der Waals surface area contributed by atoms with Crippen LogP contribution in [-0.2, 0) is 9.53 Å². The highest BCUT2D eigenvalue weighted by atomic mass is 16.6. The van der Waals surface area contributed by atoms with Crippen molar-refractivity contribution in [2.45, 2.75) is 6.92 Å². The maximum atomic E-state index is 11.9. The molecule has 3 N–H and O–H groups in total. The maximum Gasteiger partial charge on any atom is 0.338 e. The van der Waals surface area contributed by atoms with Gasteiger partial charge in [0, 0.05) is 11.8 Å². The molecule has 0 aliphatic carbocycles. The van der Waals surface area contributed by atoms with Crippen LogP contribution >= 0.6 is 0 Å².